The Morgan fingerprint density at radius 2 is 2.12 bits per heavy atom. The number of aromatic nitrogens is 1. The van der Waals surface area contributed by atoms with Crippen LogP contribution in [0.5, 0.6) is 5.75 Å². The van der Waals surface area contributed by atoms with E-state index in [1.807, 2.05) is 6.92 Å². The van der Waals surface area contributed by atoms with Gasteiger partial charge in [0.15, 0.2) is 0 Å². The maximum Gasteiger partial charge on any atom is 0.263 e. The lowest BCUT2D eigenvalue weighted by molar-refractivity contribution is 0.0953. The van der Waals surface area contributed by atoms with E-state index >= 15 is 0 Å². The fourth-order valence-corrected chi connectivity index (χ4v) is 3.52. The van der Waals surface area contributed by atoms with Gasteiger partial charge in [0, 0.05) is 12.6 Å². The van der Waals surface area contributed by atoms with Crippen LogP contribution in [0.3, 0.4) is 0 Å². The molecular formula is C17H22Cl2FN3O2S. The number of hydrogen-bond donors (Lipinski definition) is 2. The lowest BCUT2D eigenvalue weighted by Gasteiger charge is -2.10. The molecule has 9 heteroatoms. The highest BCUT2D eigenvalue weighted by Gasteiger charge is 2.18. The molecule has 2 aromatic rings. The Balaban J connectivity index is 0.00000169. The Bertz CT molecular complexity index is 707. The summed E-state index contributed by atoms with van der Waals surface area (Å²) in [6, 6.07) is 6.19. The molecule has 1 aliphatic heterocycles. The van der Waals surface area contributed by atoms with Crippen molar-refractivity contribution in [3.8, 4) is 5.75 Å². The minimum absolute atomic E-state index is 0. The zero-order chi connectivity index (χ0) is 16.9. The van der Waals surface area contributed by atoms with Crippen LogP contribution in [-0.4, -0.2) is 30.0 Å². The number of benzene rings is 1. The quantitative estimate of drug-likeness (QED) is 0.748. The lowest BCUT2D eigenvalue weighted by atomic mass is 10.2. The average Bonchev–Trinajstić information content (AvgIpc) is 3.22. The second-order valence-electron chi connectivity index (χ2n) is 5.77. The first-order valence-corrected chi connectivity index (χ1v) is 8.80. The van der Waals surface area contributed by atoms with Crippen LogP contribution in [-0.2, 0) is 6.61 Å². The van der Waals surface area contributed by atoms with E-state index in [1.54, 1.807) is 12.1 Å². The van der Waals surface area contributed by atoms with E-state index in [0.717, 1.165) is 24.4 Å². The Kier molecular flexibility index (Phi) is 9.29. The number of nitrogens with one attached hydrogen (secondary N) is 2. The fraction of sp³-hybridized carbons (Fsp3) is 0.412. The molecule has 3 rings (SSSR count). The van der Waals surface area contributed by atoms with Crippen molar-refractivity contribution in [3.05, 3.63) is 45.7 Å². The molecule has 1 fully saturated rings. The summed E-state index contributed by atoms with van der Waals surface area (Å²) in [6.07, 6.45) is 2.25. The summed E-state index contributed by atoms with van der Waals surface area (Å²) in [5, 5.41) is 7.04. The van der Waals surface area contributed by atoms with Crippen LogP contribution in [0.25, 0.3) is 0 Å². The summed E-state index contributed by atoms with van der Waals surface area (Å²) >= 11 is 1.33. The number of carbonyl (C=O) groups excluding carboxylic acids is 1. The van der Waals surface area contributed by atoms with Crippen LogP contribution >= 0.6 is 36.2 Å². The van der Waals surface area contributed by atoms with Crippen molar-refractivity contribution in [2.24, 2.45) is 0 Å². The zero-order valence-electron chi connectivity index (χ0n) is 14.3. The number of aryl methyl sites for hydroxylation is 1. The summed E-state index contributed by atoms with van der Waals surface area (Å²) in [7, 11) is 0. The number of nitrogens with zero attached hydrogens (tertiary/aromatic N) is 1. The monoisotopic (exact) mass is 421 g/mol. The van der Waals surface area contributed by atoms with Gasteiger partial charge in [0.25, 0.3) is 5.91 Å². The average molecular weight is 422 g/mol. The van der Waals surface area contributed by atoms with Crippen molar-refractivity contribution in [1.29, 1.82) is 0 Å². The molecule has 0 aliphatic carbocycles. The van der Waals surface area contributed by atoms with Crippen LogP contribution in [0, 0.1) is 12.7 Å². The highest BCUT2D eigenvalue weighted by molar-refractivity contribution is 7.13. The number of halogens is 3. The van der Waals surface area contributed by atoms with Gasteiger partial charge in [0.1, 0.15) is 28.1 Å². The number of ether oxygens (including phenoxy) is 1. The number of thiazole rings is 1. The van der Waals surface area contributed by atoms with Crippen molar-refractivity contribution in [2.45, 2.75) is 32.4 Å². The summed E-state index contributed by atoms with van der Waals surface area (Å²) in [4.78, 5) is 17.3. The van der Waals surface area contributed by atoms with Crippen LogP contribution in [0.1, 0.15) is 33.2 Å². The van der Waals surface area contributed by atoms with Gasteiger partial charge in [-0.1, -0.05) is 0 Å². The van der Waals surface area contributed by atoms with Crippen molar-refractivity contribution in [2.75, 3.05) is 13.1 Å². The molecule has 5 nitrogen and oxygen atoms in total. The molecule has 1 aromatic heterocycles. The Morgan fingerprint density at radius 3 is 2.77 bits per heavy atom. The molecule has 26 heavy (non-hydrogen) atoms. The molecule has 0 saturated carbocycles. The van der Waals surface area contributed by atoms with E-state index in [9.17, 15) is 9.18 Å². The Labute approximate surface area is 168 Å². The number of hydrogen-bond acceptors (Lipinski definition) is 5. The normalized spacial score (nSPS) is 15.7. The second kappa shape index (κ2) is 10.7. The van der Waals surface area contributed by atoms with Crippen LogP contribution in [0.2, 0.25) is 0 Å². The Morgan fingerprint density at radius 1 is 1.38 bits per heavy atom. The molecule has 1 atom stereocenters. The van der Waals surface area contributed by atoms with E-state index in [0.29, 0.717) is 28.9 Å². The highest BCUT2D eigenvalue weighted by Crippen LogP contribution is 2.20. The minimum atomic E-state index is -0.303. The summed E-state index contributed by atoms with van der Waals surface area (Å²) in [5.41, 5.74) is 0.703. The lowest BCUT2D eigenvalue weighted by Crippen LogP contribution is -2.37. The minimum Gasteiger partial charge on any atom is -0.486 e. The van der Waals surface area contributed by atoms with Gasteiger partial charge in [-0.3, -0.25) is 4.79 Å². The van der Waals surface area contributed by atoms with E-state index in [2.05, 4.69) is 15.6 Å². The first-order valence-electron chi connectivity index (χ1n) is 7.98. The fourth-order valence-electron chi connectivity index (χ4n) is 2.63. The molecule has 2 heterocycles. The van der Waals surface area contributed by atoms with Gasteiger partial charge in [-0.2, -0.15) is 0 Å². The molecule has 1 saturated heterocycles. The molecule has 1 aromatic carbocycles. The molecule has 0 spiro atoms. The molecule has 1 unspecified atom stereocenters. The smallest absolute Gasteiger partial charge is 0.263 e. The van der Waals surface area contributed by atoms with Gasteiger partial charge in [-0.25, -0.2) is 9.37 Å². The SMILES string of the molecule is Cc1nc(COc2ccc(F)cc2)sc1C(=O)NCC1CCCN1.Cl.Cl. The molecule has 0 bridgehead atoms. The maximum atomic E-state index is 12.9. The summed E-state index contributed by atoms with van der Waals surface area (Å²) < 4.78 is 18.4. The molecular weight excluding hydrogens is 400 g/mol. The molecule has 1 amide bonds. The van der Waals surface area contributed by atoms with Crippen molar-refractivity contribution in [1.82, 2.24) is 15.6 Å². The van der Waals surface area contributed by atoms with Crippen molar-refractivity contribution in [3.63, 3.8) is 0 Å². The van der Waals surface area contributed by atoms with Gasteiger partial charge < -0.3 is 15.4 Å². The van der Waals surface area contributed by atoms with Crippen LogP contribution < -0.4 is 15.4 Å². The van der Waals surface area contributed by atoms with Crippen LogP contribution in [0.15, 0.2) is 24.3 Å². The Hall–Kier alpha value is -1.41. The maximum absolute atomic E-state index is 12.9. The third-order valence-electron chi connectivity index (χ3n) is 3.89. The van der Waals surface area contributed by atoms with Gasteiger partial charge in [0.05, 0.1) is 5.69 Å². The van der Waals surface area contributed by atoms with Crippen molar-refractivity contribution < 1.29 is 13.9 Å². The molecule has 0 radical (unpaired) electrons. The molecule has 2 N–H and O–H groups in total. The molecule has 144 valence electrons. The summed E-state index contributed by atoms with van der Waals surface area (Å²) in [5.74, 6) is 0.178. The predicted octanol–water partition coefficient (Wildman–Crippen LogP) is 3.50. The van der Waals surface area contributed by atoms with E-state index in [4.69, 9.17) is 4.74 Å². The van der Waals surface area contributed by atoms with Crippen molar-refractivity contribution >= 4 is 42.1 Å². The largest absolute Gasteiger partial charge is 0.486 e. The number of carbonyl (C=O) groups is 1. The topological polar surface area (TPSA) is 63.2 Å². The van der Waals surface area contributed by atoms with Crippen LogP contribution in [0.4, 0.5) is 4.39 Å². The predicted molar refractivity (Wildman–Crippen MR) is 105 cm³/mol. The number of amides is 1. The third kappa shape index (κ3) is 6.09. The van der Waals surface area contributed by atoms with E-state index in [-0.39, 0.29) is 43.1 Å². The van der Waals surface area contributed by atoms with Gasteiger partial charge in [0.2, 0.25) is 0 Å². The van der Waals surface area contributed by atoms with Gasteiger partial charge in [-0.15, -0.1) is 36.2 Å². The van der Waals surface area contributed by atoms with Gasteiger partial charge >= 0.3 is 0 Å². The van der Waals surface area contributed by atoms with E-state index < -0.39 is 0 Å². The number of rotatable bonds is 6. The van der Waals surface area contributed by atoms with Gasteiger partial charge in [-0.05, 0) is 50.6 Å². The molecule has 1 aliphatic rings. The second-order valence-corrected chi connectivity index (χ2v) is 6.85. The van der Waals surface area contributed by atoms with E-state index in [1.165, 1.54) is 23.5 Å². The highest BCUT2D eigenvalue weighted by atomic mass is 35.5. The first kappa shape index (κ1) is 22.6. The zero-order valence-corrected chi connectivity index (χ0v) is 16.7. The summed E-state index contributed by atoms with van der Waals surface area (Å²) in [6.45, 7) is 3.73. The standard InChI is InChI=1S/C17H20FN3O2S.2ClH/c1-11-16(17(22)20-9-13-3-2-8-19-13)24-15(21-11)10-23-14-6-4-12(18)5-7-14;;/h4-7,13,19H,2-3,8-10H2,1H3,(H,20,22);2*1H. The third-order valence-corrected chi connectivity index (χ3v) is 5.02. The first-order chi connectivity index (χ1) is 11.6.